The predicted octanol–water partition coefficient (Wildman–Crippen LogP) is 0.425. The second-order valence-corrected chi connectivity index (χ2v) is 3.18. The first-order valence-electron chi connectivity index (χ1n) is 4.73. The monoisotopic (exact) mass is 272 g/mol. The molecule has 2 heteroatoms. The van der Waals surface area contributed by atoms with Crippen LogP contribution in [0.2, 0.25) is 0 Å². The summed E-state index contributed by atoms with van der Waals surface area (Å²) in [6.45, 7) is 2.17. The van der Waals surface area contributed by atoms with Crippen molar-refractivity contribution < 1.29 is 17.0 Å². The first kappa shape index (κ1) is 14.8. The summed E-state index contributed by atoms with van der Waals surface area (Å²) in [5, 5.41) is 2.68. The maximum atomic E-state index is 2.27. The molecule has 74 valence electrons. The Bertz CT molecular complexity index is 407. The molecule has 0 aromatic heterocycles. The predicted molar refractivity (Wildman–Crippen MR) is 63.4 cm³/mol. The number of hydrogen-bond acceptors (Lipinski definition) is 0. The summed E-state index contributed by atoms with van der Waals surface area (Å²) >= 11 is 0. The van der Waals surface area contributed by atoms with Crippen molar-refractivity contribution in [3.8, 4) is 0 Å². The van der Waals surface area contributed by atoms with Gasteiger partial charge in [-0.05, 0) is 0 Å². The maximum absolute atomic E-state index is 2.27. The van der Waals surface area contributed by atoms with Crippen molar-refractivity contribution in [2.45, 2.75) is 13.3 Å². The van der Waals surface area contributed by atoms with Gasteiger partial charge in [-0.1, -0.05) is 43.0 Å². The van der Waals surface area contributed by atoms with Crippen LogP contribution in [-0.2, 0) is 0 Å². The molecule has 0 N–H and O–H groups in total. The Kier molecular flexibility index (Phi) is 7.06. The van der Waals surface area contributed by atoms with E-state index < -0.39 is 0 Å². The number of halogens is 1. The minimum absolute atomic E-state index is 0. The third kappa shape index (κ3) is 3.40. The van der Waals surface area contributed by atoms with E-state index >= 15 is 0 Å². The van der Waals surface area contributed by atoms with Gasteiger partial charge in [0.2, 0.25) is 0 Å². The third-order valence-electron chi connectivity index (χ3n) is 2.25. The molecule has 15 heavy (non-hydrogen) atoms. The van der Waals surface area contributed by atoms with Crippen molar-refractivity contribution in [1.82, 2.24) is 0 Å². The molecule has 0 fully saturated rings. The number of benzene rings is 2. The molecular weight excluding hydrogens is 260 g/mol. The molecule has 0 aliphatic carbocycles. The van der Waals surface area contributed by atoms with Crippen molar-refractivity contribution in [3.63, 3.8) is 0 Å². The van der Waals surface area contributed by atoms with E-state index in [-0.39, 0.29) is 40.0 Å². The van der Waals surface area contributed by atoms with E-state index in [1.165, 1.54) is 16.3 Å². The minimum atomic E-state index is 0. The molecule has 0 nitrogen and oxygen atoms in total. The SMILES string of the molecule is CC[CH-]c1cccc2ccccc12.[Br-].[Mg+2]. The van der Waals surface area contributed by atoms with Crippen LogP contribution < -0.4 is 17.0 Å². The minimum Gasteiger partial charge on any atom is -1.00 e. The molecule has 0 saturated carbocycles. The van der Waals surface area contributed by atoms with Crippen LogP contribution in [0.4, 0.5) is 0 Å². The van der Waals surface area contributed by atoms with Gasteiger partial charge in [0.15, 0.2) is 0 Å². The standard InChI is InChI=1S/C13H13.BrH.Mg/c1-2-6-11-8-5-9-12-7-3-4-10-13(11)12;;/h3-10H,2H2,1H3;1H;/q-1;;+2/p-1. The fraction of sp³-hybridized carbons (Fsp3) is 0.154. The topological polar surface area (TPSA) is 0 Å². The van der Waals surface area contributed by atoms with Crippen molar-refractivity contribution in [1.29, 1.82) is 0 Å². The summed E-state index contributed by atoms with van der Waals surface area (Å²) in [6, 6.07) is 14.9. The van der Waals surface area contributed by atoms with Crippen LogP contribution in [-0.4, -0.2) is 23.1 Å². The van der Waals surface area contributed by atoms with E-state index in [4.69, 9.17) is 0 Å². The average Bonchev–Trinajstić information content (AvgIpc) is 2.19. The summed E-state index contributed by atoms with van der Waals surface area (Å²) in [5.41, 5.74) is 1.35. The largest absolute Gasteiger partial charge is 2.00 e. The number of hydrogen-bond donors (Lipinski definition) is 0. The van der Waals surface area contributed by atoms with Crippen molar-refractivity contribution >= 4 is 33.8 Å². The smallest absolute Gasteiger partial charge is 1.00 e. The molecule has 0 aliphatic heterocycles. The van der Waals surface area contributed by atoms with Crippen LogP contribution >= 0.6 is 0 Å². The van der Waals surface area contributed by atoms with Crippen LogP contribution in [0.25, 0.3) is 10.8 Å². The normalized spacial score (nSPS) is 8.87. The Morgan fingerprint density at radius 1 is 1.00 bits per heavy atom. The summed E-state index contributed by atoms with van der Waals surface area (Å²) < 4.78 is 0. The molecule has 0 spiro atoms. The number of rotatable bonds is 2. The summed E-state index contributed by atoms with van der Waals surface area (Å²) in [6.07, 6.45) is 3.36. The first-order chi connectivity index (χ1) is 6.42. The zero-order valence-electron chi connectivity index (χ0n) is 8.91. The van der Waals surface area contributed by atoms with Gasteiger partial charge in [-0.3, -0.25) is 0 Å². The van der Waals surface area contributed by atoms with Crippen LogP contribution in [0.1, 0.15) is 18.9 Å². The van der Waals surface area contributed by atoms with Gasteiger partial charge in [0.1, 0.15) is 0 Å². The van der Waals surface area contributed by atoms with E-state index in [0.29, 0.717) is 0 Å². The van der Waals surface area contributed by atoms with Crippen LogP contribution in [0, 0.1) is 6.42 Å². The van der Waals surface area contributed by atoms with Crippen molar-refractivity contribution in [3.05, 3.63) is 54.4 Å². The van der Waals surface area contributed by atoms with E-state index in [1.807, 2.05) is 0 Å². The zero-order chi connectivity index (χ0) is 9.10. The third-order valence-corrected chi connectivity index (χ3v) is 2.25. The van der Waals surface area contributed by atoms with E-state index in [2.05, 4.69) is 55.8 Å². The van der Waals surface area contributed by atoms with Gasteiger partial charge >= 0.3 is 23.1 Å². The molecule has 0 saturated heterocycles. The zero-order valence-corrected chi connectivity index (χ0v) is 11.9. The van der Waals surface area contributed by atoms with Gasteiger partial charge in [-0.25, -0.2) is 0 Å². The summed E-state index contributed by atoms with van der Waals surface area (Å²) in [4.78, 5) is 0. The van der Waals surface area contributed by atoms with Gasteiger partial charge < -0.3 is 17.0 Å². The number of fused-ring (bicyclic) bond motifs is 1. The summed E-state index contributed by atoms with van der Waals surface area (Å²) in [7, 11) is 0. The summed E-state index contributed by atoms with van der Waals surface area (Å²) in [5.74, 6) is 0. The molecule has 0 atom stereocenters. The molecule has 0 bridgehead atoms. The Morgan fingerprint density at radius 3 is 2.40 bits per heavy atom. The van der Waals surface area contributed by atoms with Gasteiger partial charge in [-0.2, -0.15) is 18.1 Å². The van der Waals surface area contributed by atoms with Crippen LogP contribution in [0.5, 0.6) is 0 Å². The molecule has 2 rings (SSSR count). The quantitative estimate of drug-likeness (QED) is 0.550. The Hall–Kier alpha value is -0.184. The van der Waals surface area contributed by atoms with Crippen LogP contribution in [0.3, 0.4) is 0 Å². The second kappa shape index (κ2) is 7.15. The fourth-order valence-corrected chi connectivity index (χ4v) is 1.65. The van der Waals surface area contributed by atoms with Gasteiger partial charge in [-0.15, -0.1) is 17.5 Å². The maximum Gasteiger partial charge on any atom is 2.00 e. The van der Waals surface area contributed by atoms with Crippen LogP contribution in [0.15, 0.2) is 42.5 Å². The van der Waals surface area contributed by atoms with Crippen molar-refractivity contribution in [2.75, 3.05) is 0 Å². The molecule has 0 amide bonds. The molecule has 2 aromatic carbocycles. The molecule has 0 aliphatic rings. The van der Waals surface area contributed by atoms with Gasteiger partial charge in [0.05, 0.1) is 0 Å². The Balaban J connectivity index is 0.000000980. The van der Waals surface area contributed by atoms with Crippen molar-refractivity contribution in [2.24, 2.45) is 0 Å². The molecule has 0 unspecified atom stereocenters. The van der Waals surface area contributed by atoms with E-state index in [9.17, 15) is 0 Å². The first-order valence-corrected chi connectivity index (χ1v) is 4.73. The molecule has 0 radical (unpaired) electrons. The molecule has 0 heterocycles. The second-order valence-electron chi connectivity index (χ2n) is 3.18. The van der Waals surface area contributed by atoms with E-state index in [1.54, 1.807) is 0 Å². The fourth-order valence-electron chi connectivity index (χ4n) is 1.65. The Morgan fingerprint density at radius 2 is 1.67 bits per heavy atom. The molecule has 2 aromatic rings. The molecular formula is C13H13BrMg. The average molecular weight is 273 g/mol. The van der Waals surface area contributed by atoms with Gasteiger partial charge in [0.25, 0.3) is 0 Å². The Labute approximate surface area is 118 Å². The van der Waals surface area contributed by atoms with E-state index in [0.717, 1.165) is 6.42 Å². The van der Waals surface area contributed by atoms with Gasteiger partial charge in [0, 0.05) is 0 Å².